The van der Waals surface area contributed by atoms with E-state index in [1.807, 2.05) is 11.0 Å². The second kappa shape index (κ2) is 9.28. The highest BCUT2D eigenvalue weighted by molar-refractivity contribution is 5.77. The summed E-state index contributed by atoms with van der Waals surface area (Å²) in [5, 5.41) is 0. The first-order chi connectivity index (χ1) is 11.6. The molecule has 2 aromatic rings. The molecule has 0 saturated carbocycles. The van der Waals surface area contributed by atoms with Gasteiger partial charge in [0, 0.05) is 32.1 Å². The Morgan fingerprint density at radius 3 is 2.79 bits per heavy atom. The number of carbonyl (C=O) groups is 1. The van der Waals surface area contributed by atoms with Crippen molar-refractivity contribution in [1.82, 2.24) is 9.47 Å². The maximum Gasteiger partial charge on any atom is 0.248 e. The van der Waals surface area contributed by atoms with Crippen molar-refractivity contribution in [1.29, 1.82) is 0 Å². The summed E-state index contributed by atoms with van der Waals surface area (Å²) in [5.41, 5.74) is 3.69. The largest absolute Gasteiger partial charge is 0.375 e. The van der Waals surface area contributed by atoms with E-state index < -0.39 is 0 Å². The van der Waals surface area contributed by atoms with E-state index in [2.05, 4.69) is 54.9 Å². The lowest BCUT2D eigenvalue weighted by atomic mass is 10.1. The average Bonchev–Trinajstić information content (AvgIpc) is 2.98. The summed E-state index contributed by atoms with van der Waals surface area (Å²) in [6.45, 7) is 6.61. The van der Waals surface area contributed by atoms with Gasteiger partial charge in [-0.1, -0.05) is 43.2 Å². The van der Waals surface area contributed by atoms with Crippen LogP contribution in [0.2, 0.25) is 0 Å². The SMILES string of the molecule is CCCCN(Cc1cccn1Cc1cccc(C)c1)C(=O)COC. The number of benzene rings is 1. The Morgan fingerprint density at radius 1 is 1.25 bits per heavy atom. The zero-order valence-corrected chi connectivity index (χ0v) is 15.0. The van der Waals surface area contributed by atoms with Crippen LogP contribution in [-0.2, 0) is 22.6 Å². The van der Waals surface area contributed by atoms with Gasteiger partial charge < -0.3 is 14.2 Å². The predicted molar refractivity (Wildman–Crippen MR) is 96.9 cm³/mol. The second-order valence-corrected chi connectivity index (χ2v) is 6.22. The molecule has 1 aromatic carbocycles. The fraction of sp³-hybridized carbons (Fsp3) is 0.450. The van der Waals surface area contributed by atoms with Gasteiger partial charge in [-0.05, 0) is 31.0 Å². The van der Waals surface area contributed by atoms with E-state index in [9.17, 15) is 4.79 Å². The molecule has 0 bridgehead atoms. The molecule has 1 heterocycles. The Balaban J connectivity index is 2.10. The van der Waals surface area contributed by atoms with Crippen LogP contribution >= 0.6 is 0 Å². The van der Waals surface area contributed by atoms with Crippen LogP contribution in [0, 0.1) is 6.92 Å². The number of aryl methyl sites for hydroxylation is 1. The minimum Gasteiger partial charge on any atom is -0.375 e. The van der Waals surface area contributed by atoms with Crippen LogP contribution in [0.1, 0.15) is 36.6 Å². The lowest BCUT2D eigenvalue weighted by Crippen LogP contribution is -2.34. The van der Waals surface area contributed by atoms with Crippen molar-refractivity contribution in [2.24, 2.45) is 0 Å². The van der Waals surface area contributed by atoms with Crippen LogP contribution in [0.15, 0.2) is 42.6 Å². The number of amides is 1. The Labute approximate surface area is 145 Å². The highest BCUT2D eigenvalue weighted by Gasteiger charge is 2.15. The van der Waals surface area contributed by atoms with E-state index in [0.29, 0.717) is 6.54 Å². The monoisotopic (exact) mass is 328 g/mol. The van der Waals surface area contributed by atoms with E-state index in [1.165, 1.54) is 11.1 Å². The number of rotatable bonds is 9. The van der Waals surface area contributed by atoms with Crippen molar-refractivity contribution in [2.75, 3.05) is 20.3 Å². The molecule has 0 spiro atoms. The van der Waals surface area contributed by atoms with Gasteiger partial charge in [-0.3, -0.25) is 4.79 Å². The summed E-state index contributed by atoms with van der Waals surface area (Å²) in [4.78, 5) is 14.2. The van der Waals surface area contributed by atoms with Crippen molar-refractivity contribution in [3.05, 3.63) is 59.4 Å². The van der Waals surface area contributed by atoms with Crippen molar-refractivity contribution in [3.8, 4) is 0 Å². The smallest absolute Gasteiger partial charge is 0.248 e. The minimum atomic E-state index is 0.0502. The van der Waals surface area contributed by atoms with Crippen LogP contribution in [-0.4, -0.2) is 35.6 Å². The van der Waals surface area contributed by atoms with E-state index >= 15 is 0 Å². The van der Waals surface area contributed by atoms with Crippen molar-refractivity contribution in [3.63, 3.8) is 0 Å². The Hall–Kier alpha value is -2.07. The number of nitrogens with zero attached hydrogens (tertiary/aromatic N) is 2. The van der Waals surface area contributed by atoms with Crippen LogP contribution in [0.5, 0.6) is 0 Å². The molecule has 0 saturated heterocycles. The summed E-state index contributed by atoms with van der Waals surface area (Å²) in [6.07, 6.45) is 4.16. The second-order valence-electron chi connectivity index (χ2n) is 6.22. The maximum atomic E-state index is 12.3. The molecule has 2 rings (SSSR count). The lowest BCUT2D eigenvalue weighted by molar-refractivity contribution is -0.135. The number of methoxy groups -OCH3 is 1. The van der Waals surface area contributed by atoms with Crippen LogP contribution in [0.3, 0.4) is 0 Å². The predicted octanol–water partition coefficient (Wildman–Crippen LogP) is 3.62. The Morgan fingerprint density at radius 2 is 2.08 bits per heavy atom. The summed E-state index contributed by atoms with van der Waals surface area (Å²) in [5.74, 6) is 0.0502. The molecule has 130 valence electrons. The van der Waals surface area contributed by atoms with Gasteiger partial charge in [0.25, 0.3) is 0 Å². The number of unbranched alkanes of at least 4 members (excludes halogenated alkanes) is 1. The highest BCUT2D eigenvalue weighted by Crippen LogP contribution is 2.13. The third-order valence-electron chi connectivity index (χ3n) is 4.11. The van der Waals surface area contributed by atoms with Crippen molar-refractivity contribution < 1.29 is 9.53 Å². The van der Waals surface area contributed by atoms with E-state index in [-0.39, 0.29) is 12.5 Å². The third-order valence-corrected chi connectivity index (χ3v) is 4.11. The number of aromatic nitrogens is 1. The summed E-state index contributed by atoms with van der Waals surface area (Å²) < 4.78 is 7.24. The molecule has 4 nitrogen and oxygen atoms in total. The van der Waals surface area contributed by atoms with E-state index in [1.54, 1.807) is 7.11 Å². The molecule has 0 radical (unpaired) electrons. The van der Waals surface area contributed by atoms with Crippen LogP contribution in [0.4, 0.5) is 0 Å². The molecular formula is C20H28N2O2. The van der Waals surface area contributed by atoms with Crippen molar-refractivity contribution >= 4 is 5.91 Å². The molecule has 4 heteroatoms. The van der Waals surface area contributed by atoms with Crippen LogP contribution < -0.4 is 0 Å². The minimum absolute atomic E-state index is 0.0502. The molecule has 0 N–H and O–H groups in total. The number of ether oxygens (including phenoxy) is 1. The van der Waals surface area contributed by atoms with Gasteiger partial charge >= 0.3 is 0 Å². The van der Waals surface area contributed by atoms with Gasteiger partial charge in [0.05, 0.1) is 6.54 Å². The zero-order chi connectivity index (χ0) is 17.4. The fourth-order valence-corrected chi connectivity index (χ4v) is 2.81. The van der Waals surface area contributed by atoms with Gasteiger partial charge in [-0.15, -0.1) is 0 Å². The topological polar surface area (TPSA) is 34.5 Å². The number of carbonyl (C=O) groups excluding carboxylic acids is 1. The summed E-state index contributed by atoms with van der Waals surface area (Å²) in [7, 11) is 1.57. The Kier molecular flexibility index (Phi) is 7.07. The van der Waals surface area contributed by atoms with E-state index in [4.69, 9.17) is 4.74 Å². The van der Waals surface area contributed by atoms with Gasteiger partial charge in [0.15, 0.2) is 0 Å². The molecule has 0 aliphatic heterocycles. The van der Waals surface area contributed by atoms with E-state index in [0.717, 1.165) is 31.6 Å². The van der Waals surface area contributed by atoms with Crippen LogP contribution in [0.25, 0.3) is 0 Å². The molecule has 0 aliphatic carbocycles. The quantitative estimate of drug-likeness (QED) is 0.704. The molecule has 1 amide bonds. The van der Waals surface area contributed by atoms with Gasteiger partial charge in [0.1, 0.15) is 6.61 Å². The third kappa shape index (κ3) is 5.24. The van der Waals surface area contributed by atoms with Gasteiger partial charge in [-0.2, -0.15) is 0 Å². The standard InChI is InChI=1S/C20H28N2O2/c1-4-5-11-22(20(23)16-24-3)15-19-10-7-12-21(19)14-18-9-6-8-17(2)13-18/h6-10,12-13H,4-5,11,14-16H2,1-3H3. The Bertz CT molecular complexity index is 649. The van der Waals surface area contributed by atoms with Gasteiger partial charge in [0.2, 0.25) is 5.91 Å². The molecule has 1 aromatic heterocycles. The lowest BCUT2D eigenvalue weighted by Gasteiger charge is -2.23. The highest BCUT2D eigenvalue weighted by atomic mass is 16.5. The molecule has 0 fully saturated rings. The first-order valence-corrected chi connectivity index (χ1v) is 8.60. The average molecular weight is 328 g/mol. The first-order valence-electron chi connectivity index (χ1n) is 8.60. The molecule has 0 aliphatic rings. The zero-order valence-electron chi connectivity index (χ0n) is 15.0. The summed E-state index contributed by atoms with van der Waals surface area (Å²) in [6, 6.07) is 12.7. The molecule has 0 atom stereocenters. The number of hydrogen-bond acceptors (Lipinski definition) is 2. The molecule has 0 unspecified atom stereocenters. The van der Waals surface area contributed by atoms with Gasteiger partial charge in [-0.25, -0.2) is 0 Å². The first kappa shape index (κ1) is 18.3. The number of hydrogen-bond donors (Lipinski definition) is 0. The fourth-order valence-electron chi connectivity index (χ4n) is 2.81. The normalized spacial score (nSPS) is 10.8. The molecule has 24 heavy (non-hydrogen) atoms. The maximum absolute atomic E-state index is 12.3. The molecular weight excluding hydrogens is 300 g/mol. The summed E-state index contributed by atoms with van der Waals surface area (Å²) >= 11 is 0. The van der Waals surface area contributed by atoms with Crippen molar-refractivity contribution in [2.45, 2.75) is 39.8 Å².